The van der Waals surface area contributed by atoms with Crippen molar-refractivity contribution in [3.63, 3.8) is 0 Å². The molecule has 2 atom stereocenters. The van der Waals surface area contributed by atoms with Crippen LogP contribution in [0.3, 0.4) is 0 Å². The molecule has 0 aromatic heterocycles. The number of carbonyl (C=O) groups is 4. The topological polar surface area (TPSA) is 127 Å². The first kappa shape index (κ1) is 19.4. The normalized spacial score (nSPS) is 25.7. The summed E-state index contributed by atoms with van der Waals surface area (Å²) in [6, 6.07) is 0. The number of aliphatic carboxylic acids is 2. The maximum atomic E-state index is 11.9. The van der Waals surface area contributed by atoms with Crippen molar-refractivity contribution in [3.8, 4) is 0 Å². The van der Waals surface area contributed by atoms with Gasteiger partial charge in [-0.25, -0.2) is 0 Å². The molecule has 2 N–H and O–H groups in total. The second kappa shape index (κ2) is 8.29. The molecule has 22 heavy (non-hydrogen) atoms. The minimum absolute atomic E-state index is 0.412. The van der Waals surface area contributed by atoms with Crippen LogP contribution in [0.2, 0.25) is 0 Å². The average molecular weight is 457 g/mol. The van der Waals surface area contributed by atoms with Crippen LogP contribution in [0.4, 0.5) is 0 Å². The van der Waals surface area contributed by atoms with Gasteiger partial charge in [-0.1, -0.05) is 0 Å². The SMILES string of the molecule is CC1(C)SC(CC(=O)O)C(=O)[O][Sn][O]C(=O)C(CC(=O)O)S1. The standard InChI is InChI=1S/C11H16O8S2.Sn/c1-11(2,20-5(9(16)17)3-7(12)13)21-6(10(18)19)4-8(14)15;/h5-6H,3-4H2,1-2H3,(H,12,13)(H,14,15)(H,16,17)(H,18,19);/q;+2/p-2. The van der Waals surface area contributed by atoms with Crippen LogP contribution in [-0.4, -0.2) is 70.6 Å². The molecule has 0 aromatic carbocycles. The molecule has 11 heteroatoms. The van der Waals surface area contributed by atoms with Crippen LogP contribution < -0.4 is 0 Å². The molecular formula is C11H14O8S2Sn. The molecule has 0 spiro atoms. The van der Waals surface area contributed by atoms with Gasteiger partial charge in [-0.05, 0) is 0 Å². The summed E-state index contributed by atoms with van der Waals surface area (Å²) in [5, 5.41) is 15.9. The van der Waals surface area contributed by atoms with Crippen molar-refractivity contribution < 1.29 is 35.5 Å². The first-order chi connectivity index (χ1) is 10.1. The van der Waals surface area contributed by atoms with E-state index in [9.17, 15) is 19.2 Å². The van der Waals surface area contributed by atoms with E-state index in [0.717, 1.165) is 23.5 Å². The molecule has 2 unspecified atom stereocenters. The molecule has 0 aromatic rings. The quantitative estimate of drug-likeness (QED) is 0.577. The molecular weight excluding hydrogens is 443 g/mol. The van der Waals surface area contributed by atoms with Crippen LogP contribution in [-0.2, 0) is 25.3 Å². The van der Waals surface area contributed by atoms with Crippen molar-refractivity contribution in [1.82, 2.24) is 0 Å². The molecule has 0 bridgehead atoms. The Labute approximate surface area is 146 Å². The van der Waals surface area contributed by atoms with Gasteiger partial charge in [0.25, 0.3) is 0 Å². The molecule has 122 valence electrons. The Morgan fingerprint density at radius 1 is 1.05 bits per heavy atom. The number of hydrogen-bond acceptors (Lipinski definition) is 8. The second-order valence-corrected chi connectivity index (χ2v) is 10.3. The van der Waals surface area contributed by atoms with Gasteiger partial charge >= 0.3 is 146 Å². The van der Waals surface area contributed by atoms with Crippen molar-refractivity contribution in [2.45, 2.75) is 41.3 Å². The Hall–Kier alpha value is -0.621. The number of carboxylic acids is 2. The summed E-state index contributed by atoms with van der Waals surface area (Å²) >= 11 is -0.153. The molecule has 1 heterocycles. The van der Waals surface area contributed by atoms with Crippen molar-refractivity contribution in [2.75, 3.05) is 0 Å². The third-order valence-corrected chi connectivity index (χ3v) is 7.01. The third kappa shape index (κ3) is 6.65. The van der Waals surface area contributed by atoms with Gasteiger partial charge in [0, 0.05) is 0 Å². The predicted molar refractivity (Wildman–Crippen MR) is 79.3 cm³/mol. The fourth-order valence-electron chi connectivity index (χ4n) is 1.61. The van der Waals surface area contributed by atoms with Crippen LogP contribution in [0.25, 0.3) is 0 Å². The molecule has 1 aliphatic rings. The van der Waals surface area contributed by atoms with Crippen molar-refractivity contribution >= 4 is 69.4 Å². The summed E-state index contributed by atoms with van der Waals surface area (Å²) in [5.41, 5.74) is 0. The molecule has 1 rings (SSSR count). The molecule has 0 amide bonds. The van der Waals surface area contributed by atoms with Crippen LogP contribution in [0.5, 0.6) is 0 Å². The van der Waals surface area contributed by atoms with E-state index in [1.54, 1.807) is 13.8 Å². The van der Waals surface area contributed by atoms with E-state index in [-0.39, 0.29) is 0 Å². The van der Waals surface area contributed by atoms with Gasteiger partial charge in [0.15, 0.2) is 0 Å². The maximum absolute atomic E-state index is 11.9. The first-order valence-corrected chi connectivity index (χ1v) is 10.2. The monoisotopic (exact) mass is 458 g/mol. The second-order valence-electron chi connectivity index (χ2n) is 4.73. The summed E-state index contributed by atoms with van der Waals surface area (Å²) in [6.07, 6.45) is -0.825. The van der Waals surface area contributed by atoms with E-state index in [2.05, 4.69) is 0 Å². The number of rotatable bonds is 4. The number of carboxylic acid groups (broad SMARTS) is 2. The molecule has 1 saturated heterocycles. The zero-order chi connectivity index (χ0) is 16.9. The Kier molecular flexibility index (Phi) is 7.32. The Morgan fingerprint density at radius 3 is 1.73 bits per heavy atom. The molecule has 1 aliphatic heterocycles. The Balaban J connectivity index is 2.95. The summed E-state index contributed by atoms with van der Waals surface area (Å²) < 4.78 is 9.03. The summed E-state index contributed by atoms with van der Waals surface area (Å²) in [7, 11) is 0. The fraction of sp³-hybridized carbons (Fsp3) is 0.636. The fourth-order valence-corrected chi connectivity index (χ4v) is 6.53. The summed E-state index contributed by atoms with van der Waals surface area (Å²) in [4.78, 5) is 45.4. The zero-order valence-electron chi connectivity index (χ0n) is 11.7. The molecule has 1 fully saturated rings. The molecule has 0 aliphatic carbocycles. The van der Waals surface area contributed by atoms with Gasteiger partial charge in [-0.3, -0.25) is 0 Å². The Morgan fingerprint density at radius 2 is 1.41 bits per heavy atom. The van der Waals surface area contributed by atoms with Gasteiger partial charge in [0.1, 0.15) is 0 Å². The van der Waals surface area contributed by atoms with E-state index >= 15 is 0 Å². The number of thioether (sulfide) groups is 2. The molecule has 0 saturated carbocycles. The first-order valence-electron chi connectivity index (χ1n) is 6.06. The van der Waals surface area contributed by atoms with Crippen LogP contribution >= 0.6 is 23.5 Å². The van der Waals surface area contributed by atoms with Crippen molar-refractivity contribution in [3.05, 3.63) is 0 Å². The van der Waals surface area contributed by atoms with Gasteiger partial charge in [0.05, 0.1) is 0 Å². The molecule has 2 radical (unpaired) electrons. The van der Waals surface area contributed by atoms with Crippen LogP contribution in [0, 0.1) is 0 Å². The number of hydrogen-bond donors (Lipinski definition) is 2. The third-order valence-electron chi connectivity index (χ3n) is 2.38. The van der Waals surface area contributed by atoms with Gasteiger partial charge in [0.2, 0.25) is 0 Å². The number of carbonyl (C=O) groups excluding carboxylic acids is 2. The van der Waals surface area contributed by atoms with E-state index in [4.69, 9.17) is 16.4 Å². The average Bonchev–Trinajstić information content (AvgIpc) is 2.34. The van der Waals surface area contributed by atoms with E-state index in [1.807, 2.05) is 0 Å². The molecule has 8 nitrogen and oxygen atoms in total. The van der Waals surface area contributed by atoms with Gasteiger partial charge in [-0.2, -0.15) is 0 Å². The minimum atomic E-state index is -2.25. The summed E-state index contributed by atoms with van der Waals surface area (Å²) in [6.45, 7) is 3.38. The summed E-state index contributed by atoms with van der Waals surface area (Å²) in [5.74, 6) is -3.71. The Bertz CT molecular complexity index is 441. The predicted octanol–water partition coefficient (Wildman–Crippen LogP) is 0.510. The van der Waals surface area contributed by atoms with E-state index in [0.29, 0.717) is 0 Å². The van der Waals surface area contributed by atoms with Gasteiger partial charge in [-0.15, -0.1) is 0 Å². The van der Waals surface area contributed by atoms with Crippen molar-refractivity contribution in [2.24, 2.45) is 0 Å². The van der Waals surface area contributed by atoms with Crippen LogP contribution in [0.1, 0.15) is 26.7 Å². The van der Waals surface area contributed by atoms with Crippen LogP contribution in [0.15, 0.2) is 0 Å². The van der Waals surface area contributed by atoms with E-state index in [1.165, 1.54) is 0 Å². The van der Waals surface area contributed by atoms with E-state index < -0.39 is 73.3 Å². The van der Waals surface area contributed by atoms with Gasteiger partial charge < -0.3 is 0 Å². The van der Waals surface area contributed by atoms with Crippen molar-refractivity contribution in [1.29, 1.82) is 0 Å². The zero-order valence-corrected chi connectivity index (χ0v) is 16.2.